The Bertz CT molecular complexity index is 637. The van der Waals surface area contributed by atoms with Gasteiger partial charge in [0.25, 0.3) is 0 Å². The summed E-state index contributed by atoms with van der Waals surface area (Å²) in [5.41, 5.74) is 2.06. The normalized spacial score (nSPS) is 19.8. The molecule has 3 rings (SSSR count). The van der Waals surface area contributed by atoms with Crippen molar-refractivity contribution in [2.75, 3.05) is 11.4 Å². The summed E-state index contributed by atoms with van der Waals surface area (Å²) >= 11 is 0. The third kappa shape index (κ3) is 2.21. The molecule has 1 aliphatic rings. The lowest BCUT2D eigenvalue weighted by atomic mass is 10.1. The first kappa shape index (κ1) is 13.2. The fourth-order valence-corrected chi connectivity index (χ4v) is 2.86. The molecule has 106 valence electrons. The second kappa shape index (κ2) is 4.65. The van der Waals surface area contributed by atoms with Crippen LogP contribution in [0.4, 0.5) is 18.9 Å². The van der Waals surface area contributed by atoms with Gasteiger partial charge in [-0.05, 0) is 31.9 Å². The van der Waals surface area contributed by atoms with Crippen molar-refractivity contribution < 1.29 is 13.2 Å². The predicted octanol–water partition coefficient (Wildman–Crippen LogP) is 4.07. The summed E-state index contributed by atoms with van der Waals surface area (Å²) < 4.78 is 39.3. The number of rotatable bonds is 1. The molecule has 0 radical (unpaired) electrons. The molecule has 0 N–H and O–H groups in total. The van der Waals surface area contributed by atoms with Crippen LogP contribution in [0.15, 0.2) is 30.3 Å². The van der Waals surface area contributed by atoms with Gasteiger partial charge in [0, 0.05) is 17.6 Å². The SMILES string of the molecule is Cc1ccc2cccc(N3CCCC3C(F)(F)F)c2n1. The van der Waals surface area contributed by atoms with Gasteiger partial charge in [0.1, 0.15) is 6.04 Å². The Morgan fingerprint density at radius 2 is 2.00 bits per heavy atom. The molecule has 1 aromatic carbocycles. The molecule has 1 unspecified atom stereocenters. The second-order valence-electron chi connectivity index (χ2n) is 5.19. The van der Waals surface area contributed by atoms with Crippen LogP contribution in [-0.2, 0) is 0 Å². The van der Waals surface area contributed by atoms with E-state index in [4.69, 9.17) is 0 Å². The molecule has 20 heavy (non-hydrogen) atoms. The number of hydrogen-bond donors (Lipinski definition) is 0. The molecule has 1 aromatic heterocycles. The van der Waals surface area contributed by atoms with Crippen LogP contribution in [0.3, 0.4) is 0 Å². The topological polar surface area (TPSA) is 16.1 Å². The van der Waals surface area contributed by atoms with E-state index in [2.05, 4.69) is 4.98 Å². The molecule has 0 bridgehead atoms. The van der Waals surface area contributed by atoms with Gasteiger partial charge in [0.2, 0.25) is 0 Å². The lowest BCUT2D eigenvalue weighted by Crippen LogP contribution is -2.41. The summed E-state index contributed by atoms with van der Waals surface area (Å²) in [6.07, 6.45) is -3.47. The van der Waals surface area contributed by atoms with E-state index in [0.717, 1.165) is 11.1 Å². The first-order valence-corrected chi connectivity index (χ1v) is 6.66. The highest BCUT2D eigenvalue weighted by Crippen LogP contribution is 2.38. The summed E-state index contributed by atoms with van der Waals surface area (Å²) in [5.74, 6) is 0. The van der Waals surface area contributed by atoms with Crippen LogP contribution in [0, 0.1) is 6.92 Å². The molecular formula is C15H15F3N2. The Morgan fingerprint density at radius 1 is 1.20 bits per heavy atom. The highest BCUT2D eigenvalue weighted by molar-refractivity contribution is 5.91. The summed E-state index contributed by atoms with van der Waals surface area (Å²) in [7, 11) is 0. The largest absolute Gasteiger partial charge is 0.408 e. The van der Waals surface area contributed by atoms with Crippen molar-refractivity contribution >= 4 is 16.6 Å². The van der Waals surface area contributed by atoms with Gasteiger partial charge in [0.05, 0.1) is 11.2 Å². The number of alkyl halides is 3. The van der Waals surface area contributed by atoms with Crippen LogP contribution < -0.4 is 4.90 Å². The van der Waals surface area contributed by atoms with Crippen LogP contribution >= 0.6 is 0 Å². The number of fused-ring (bicyclic) bond motifs is 1. The minimum Gasteiger partial charge on any atom is -0.358 e. The lowest BCUT2D eigenvalue weighted by molar-refractivity contribution is -0.145. The molecular weight excluding hydrogens is 265 g/mol. The molecule has 0 aliphatic carbocycles. The number of pyridine rings is 1. The highest BCUT2D eigenvalue weighted by atomic mass is 19.4. The third-order valence-corrected chi connectivity index (χ3v) is 3.78. The average molecular weight is 280 g/mol. The molecule has 1 fully saturated rings. The minimum atomic E-state index is -4.19. The number of para-hydroxylation sites is 1. The maximum atomic E-state index is 13.1. The molecule has 2 nitrogen and oxygen atoms in total. The Balaban J connectivity index is 2.12. The van der Waals surface area contributed by atoms with Crippen molar-refractivity contribution in [1.29, 1.82) is 0 Å². The van der Waals surface area contributed by atoms with Gasteiger partial charge in [-0.2, -0.15) is 13.2 Å². The molecule has 0 spiro atoms. The molecule has 2 heterocycles. The van der Waals surface area contributed by atoms with Crippen molar-refractivity contribution in [2.24, 2.45) is 0 Å². The maximum Gasteiger partial charge on any atom is 0.408 e. The van der Waals surface area contributed by atoms with Crippen molar-refractivity contribution in [3.8, 4) is 0 Å². The Kier molecular flexibility index (Phi) is 3.07. The van der Waals surface area contributed by atoms with E-state index in [1.807, 2.05) is 25.1 Å². The van der Waals surface area contributed by atoms with Gasteiger partial charge in [-0.3, -0.25) is 4.98 Å². The Morgan fingerprint density at radius 3 is 2.75 bits per heavy atom. The van der Waals surface area contributed by atoms with E-state index in [1.165, 1.54) is 4.90 Å². The van der Waals surface area contributed by atoms with Crippen molar-refractivity contribution in [3.63, 3.8) is 0 Å². The van der Waals surface area contributed by atoms with Gasteiger partial charge in [-0.25, -0.2) is 0 Å². The fraction of sp³-hybridized carbons (Fsp3) is 0.400. The molecule has 1 saturated heterocycles. The average Bonchev–Trinajstić information content (AvgIpc) is 2.87. The van der Waals surface area contributed by atoms with Gasteiger partial charge in [-0.15, -0.1) is 0 Å². The predicted molar refractivity (Wildman–Crippen MR) is 72.9 cm³/mol. The quantitative estimate of drug-likeness (QED) is 0.782. The standard InChI is InChI=1S/C15H15F3N2/c1-10-7-8-11-4-2-5-12(14(11)19-10)20-9-3-6-13(20)15(16,17)18/h2,4-5,7-8,13H,3,6,9H2,1H3. The smallest absolute Gasteiger partial charge is 0.358 e. The number of anilines is 1. The Hall–Kier alpha value is -1.78. The first-order valence-electron chi connectivity index (χ1n) is 6.66. The van der Waals surface area contributed by atoms with Gasteiger partial charge >= 0.3 is 6.18 Å². The zero-order chi connectivity index (χ0) is 14.3. The van der Waals surface area contributed by atoms with E-state index in [1.54, 1.807) is 12.1 Å². The molecule has 5 heteroatoms. The Labute approximate surface area is 115 Å². The zero-order valence-electron chi connectivity index (χ0n) is 11.1. The van der Waals surface area contributed by atoms with Crippen molar-refractivity contribution in [2.45, 2.75) is 32.0 Å². The molecule has 1 aliphatic heterocycles. The molecule has 0 amide bonds. The van der Waals surface area contributed by atoms with Crippen LogP contribution in [0.5, 0.6) is 0 Å². The number of benzene rings is 1. The third-order valence-electron chi connectivity index (χ3n) is 3.78. The van der Waals surface area contributed by atoms with Crippen LogP contribution in [0.1, 0.15) is 18.5 Å². The molecule has 2 aromatic rings. The van der Waals surface area contributed by atoms with Crippen LogP contribution in [0.25, 0.3) is 10.9 Å². The maximum absolute atomic E-state index is 13.1. The summed E-state index contributed by atoms with van der Waals surface area (Å²) in [6.45, 7) is 2.28. The van der Waals surface area contributed by atoms with E-state index < -0.39 is 12.2 Å². The van der Waals surface area contributed by atoms with E-state index in [9.17, 15) is 13.2 Å². The van der Waals surface area contributed by atoms with E-state index in [-0.39, 0.29) is 6.42 Å². The van der Waals surface area contributed by atoms with Crippen molar-refractivity contribution in [1.82, 2.24) is 4.98 Å². The van der Waals surface area contributed by atoms with Crippen molar-refractivity contribution in [3.05, 3.63) is 36.0 Å². The number of aryl methyl sites for hydroxylation is 1. The summed E-state index contributed by atoms with van der Waals surface area (Å²) in [5, 5.41) is 0.876. The van der Waals surface area contributed by atoms with Gasteiger partial charge in [-0.1, -0.05) is 18.2 Å². The number of aromatic nitrogens is 1. The first-order chi connectivity index (χ1) is 9.47. The highest BCUT2D eigenvalue weighted by Gasteiger charge is 2.46. The summed E-state index contributed by atoms with van der Waals surface area (Å²) in [4.78, 5) is 5.88. The van der Waals surface area contributed by atoms with Crippen LogP contribution in [-0.4, -0.2) is 23.7 Å². The zero-order valence-corrected chi connectivity index (χ0v) is 11.1. The number of hydrogen-bond acceptors (Lipinski definition) is 2. The minimum absolute atomic E-state index is 0.158. The fourth-order valence-electron chi connectivity index (χ4n) is 2.86. The molecule has 1 atom stereocenters. The molecule has 0 saturated carbocycles. The van der Waals surface area contributed by atoms with E-state index >= 15 is 0 Å². The van der Waals surface area contributed by atoms with Gasteiger partial charge in [0.15, 0.2) is 0 Å². The lowest BCUT2D eigenvalue weighted by Gasteiger charge is -2.29. The summed E-state index contributed by atoms with van der Waals surface area (Å²) in [6, 6.07) is 7.79. The monoisotopic (exact) mass is 280 g/mol. The van der Waals surface area contributed by atoms with Crippen LogP contribution in [0.2, 0.25) is 0 Å². The number of nitrogens with zero attached hydrogens (tertiary/aromatic N) is 2. The number of halogens is 3. The van der Waals surface area contributed by atoms with Gasteiger partial charge < -0.3 is 4.90 Å². The van der Waals surface area contributed by atoms with E-state index in [0.29, 0.717) is 24.2 Å². The second-order valence-corrected chi connectivity index (χ2v) is 5.19.